The van der Waals surface area contributed by atoms with Gasteiger partial charge in [-0.1, -0.05) is 66.7 Å². The second kappa shape index (κ2) is 8.56. The Morgan fingerprint density at radius 2 is 1.52 bits per heavy atom. The van der Waals surface area contributed by atoms with Crippen molar-refractivity contribution in [2.24, 2.45) is 0 Å². The van der Waals surface area contributed by atoms with Crippen molar-refractivity contribution in [2.75, 3.05) is 19.7 Å². The average molecular weight is 414 g/mol. The molecule has 3 aromatic carbocycles. The number of piperidine rings is 1. The fraction of sp³-hybridized carbons (Fsp3) is 0.296. The largest absolute Gasteiger partial charge is 0.488 e. The smallest absolute Gasteiger partial charge is 0.254 e. The summed E-state index contributed by atoms with van der Waals surface area (Å²) in [6, 6.07) is 27.9. The Kier molecular flexibility index (Phi) is 5.47. The molecule has 2 fully saturated rings. The van der Waals surface area contributed by atoms with Gasteiger partial charge in [0.2, 0.25) is 0 Å². The van der Waals surface area contributed by atoms with E-state index in [0.717, 1.165) is 41.7 Å². The zero-order valence-electron chi connectivity index (χ0n) is 17.6. The highest BCUT2D eigenvalue weighted by molar-refractivity contribution is 6.00. The number of hydrogen-bond donors (Lipinski definition) is 0. The summed E-state index contributed by atoms with van der Waals surface area (Å²) in [6.07, 6.45) is 2.65. The lowest BCUT2D eigenvalue weighted by Gasteiger charge is -2.38. The first-order valence-corrected chi connectivity index (χ1v) is 11.0. The van der Waals surface area contributed by atoms with Gasteiger partial charge in [-0.05, 0) is 42.2 Å². The minimum absolute atomic E-state index is 0.0726. The first-order chi connectivity index (χ1) is 15.2. The molecule has 31 heavy (non-hydrogen) atoms. The van der Waals surface area contributed by atoms with E-state index in [4.69, 9.17) is 9.47 Å². The SMILES string of the molecule is O=C(c1ccccc1-c1ccccc1)N1CCC2(CC1)C[C@H](Oc1ccccc1)CO2. The third-order valence-corrected chi connectivity index (χ3v) is 6.43. The number of carbonyl (C=O) groups excluding carboxylic acids is 1. The molecule has 2 saturated heterocycles. The number of ether oxygens (including phenoxy) is 2. The molecule has 3 aromatic rings. The van der Waals surface area contributed by atoms with Gasteiger partial charge in [-0.2, -0.15) is 0 Å². The van der Waals surface area contributed by atoms with E-state index >= 15 is 0 Å². The summed E-state index contributed by atoms with van der Waals surface area (Å²) in [5.74, 6) is 0.989. The lowest BCUT2D eigenvalue weighted by molar-refractivity contribution is -0.0395. The molecule has 1 spiro atoms. The van der Waals surface area contributed by atoms with Gasteiger partial charge in [0.25, 0.3) is 5.91 Å². The van der Waals surface area contributed by atoms with Crippen molar-refractivity contribution in [2.45, 2.75) is 31.0 Å². The van der Waals surface area contributed by atoms with Gasteiger partial charge in [-0.3, -0.25) is 4.79 Å². The first kappa shape index (κ1) is 19.8. The highest BCUT2D eigenvalue weighted by atomic mass is 16.6. The second-order valence-corrected chi connectivity index (χ2v) is 8.45. The maximum Gasteiger partial charge on any atom is 0.254 e. The molecule has 2 aliphatic rings. The van der Waals surface area contributed by atoms with Gasteiger partial charge < -0.3 is 14.4 Å². The Labute approximate surface area is 183 Å². The number of rotatable bonds is 4. The van der Waals surface area contributed by atoms with Gasteiger partial charge in [0.1, 0.15) is 11.9 Å². The number of amides is 1. The van der Waals surface area contributed by atoms with E-state index in [0.29, 0.717) is 19.7 Å². The molecule has 4 nitrogen and oxygen atoms in total. The van der Waals surface area contributed by atoms with Crippen LogP contribution in [0.15, 0.2) is 84.9 Å². The molecule has 0 bridgehead atoms. The number of hydrogen-bond acceptors (Lipinski definition) is 3. The van der Waals surface area contributed by atoms with Crippen LogP contribution in [-0.4, -0.2) is 42.2 Å². The number of carbonyl (C=O) groups is 1. The third-order valence-electron chi connectivity index (χ3n) is 6.43. The van der Waals surface area contributed by atoms with Crippen molar-refractivity contribution in [3.63, 3.8) is 0 Å². The lowest BCUT2D eigenvalue weighted by Crippen LogP contribution is -2.46. The zero-order chi connectivity index (χ0) is 21.1. The predicted octanol–water partition coefficient (Wildman–Crippen LogP) is 5.20. The fourth-order valence-corrected chi connectivity index (χ4v) is 4.74. The standard InChI is InChI=1S/C27H27NO3/c29-26(25-14-8-7-13-24(25)21-9-3-1-4-10-21)28-17-15-27(16-18-28)19-23(20-30-27)31-22-11-5-2-6-12-22/h1-14,23H,15-20H2/t23-/m0/s1. The molecule has 1 amide bonds. The molecule has 158 valence electrons. The molecule has 1 atom stereocenters. The van der Waals surface area contributed by atoms with E-state index in [2.05, 4.69) is 12.1 Å². The maximum atomic E-state index is 13.4. The van der Waals surface area contributed by atoms with Crippen LogP contribution >= 0.6 is 0 Å². The van der Waals surface area contributed by atoms with E-state index in [9.17, 15) is 4.79 Å². The van der Waals surface area contributed by atoms with E-state index < -0.39 is 0 Å². The molecule has 0 saturated carbocycles. The van der Waals surface area contributed by atoms with E-state index in [1.165, 1.54) is 0 Å². The van der Waals surface area contributed by atoms with Gasteiger partial charge in [0.05, 0.1) is 12.2 Å². The fourth-order valence-electron chi connectivity index (χ4n) is 4.74. The molecule has 0 N–H and O–H groups in total. The molecule has 0 radical (unpaired) electrons. The van der Waals surface area contributed by atoms with Crippen LogP contribution in [0.4, 0.5) is 0 Å². The van der Waals surface area contributed by atoms with Crippen LogP contribution in [0.5, 0.6) is 5.75 Å². The van der Waals surface area contributed by atoms with Gasteiger partial charge >= 0.3 is 0 Å². The Hall–Kier alpha value is -3.11. The van der Waals surface area contributed by atoms with Crippen molar-refractivity contribution in [3.05, 3.63) is 90.5 Å². The number of para-hydroxylation sites is 1. The molecular formula is C27H27NO3. The summed E-state index contributed by atoms with van der Waals surface area (Å²) < 4.78 is 12.3. The molecule has 4 heteroatoms. The van der Waals surface area contributed by atoms with E-state index in [-0.39, 0.29) is 17.6 Å². The number of benzene rings is 3. The van der Waals surface area contributed by atoms with Gasteiger partial charge in [-0.25, -0.2) is 0 Å². The predicted molar refractivity (Wildman–Crippen MR) is 121 cm³/mol. The molecule has 5 rings (SSSR count). The van der Waals surface area contributed by atoms with Crippen LogP contribution in [0.25, 0.3) is 11.1 Å². The van der Waals surface area contributed by atoms with Crippen LogP contribution in [-0.2, 0) is 4.74 Å². The third kappa shape index (κ3) is 4.21. The van der Waals surface area contributed by atoms with Crippen LogP contribution in [0, 0.1) is 0 Å². The molecule has 2 heterocycles. The van der Waals surface area contributed by atoms with Crippen LogP contribution in [0.2, 0.25) is 0 Å². The molecular weight excluding hydrogens is 386 g/mol. The maximum absolute atomic E-state index is 13.4. The van der Waals surface area contributed by atoms with E-state index in [1.807, 2.05) is 77.7 Å². The summed E-state index contributed by atoms with van der Waals surface area (Å²) >= 11 is 0. The quantitative estimate of drug-likeness (QED) is 0.590. The second-order valence-electron chi connectivity index (χ2n) is 8.45. The summed E-state index contributed by atoms with van der Waals surface area (Å²) in [6.45, 7) is 2.03. The number of nitrogens with zero attached hydrogens (tertiary/aromatic N) is 1. The van der Waals surface area contributed by atoms with Crippen molar-refractivity contribution >= 4 is 5.91 Å². The van der Waals surface area contributed by atoms with Gasteiger partial charge in [0, 0.05) is 25.1 Å². The highest BCUT2D eigenvalue weighted by Gasteiger charge is 2.44. The topological polar surface area (TPSA) is 38.8 Å². The minimum Gasteiger partial charge on any atom is -0.488 e. The monoisotopic (exact) mass is 413 g/mol. The number of likely N-dealkylation sites (tertiary alicyclic amines) is 1. The minimum atomic E-state index is -0.171. The summed E-state index contributed by atoms with van der Waals surface area (Å²) in [4.78, 5) is 15.3. The van der Waals surface area contributed by atoms with Crippen LogP contribution in [0.3, 0.4) is 0 Å². The summed E-state index contributed by atoms with van der Waals surface area (Å²) in [5.41, 5.74) is 2.65. The molecule has 0 aliphatic carbocycles. The van der Waals surface area contributed by atoms with Crippen molar-refractivity contribution < 1.29 is 14.3 Å². The van der Waals surface area contributed by atoms with Crippen LogP contribution in [0.1, 0.15) is 29.6 Å². The van der Waals surface area contributed by atoms with Gasteiger partial charge in [-0.15, -0.1) is 0 Å². The van der Waals surface area contributed by atoms with Crippen LogP contribution < -0.4 is 4.74 Å². The summed E-state index contributed by atoms with van der Waals surface area (Å²) in [7, 11) is 0. The van der Waals surface area contributed by atoms with Crippen molar-refractivity contribution in [1.29, 1.82) is 0 Å². The lowest BCUT2D eigenvalue weighted by atomic mass is 9.87. The first-order valence-electron chi connectivity index (χ1n) is 11.0. The molecule has 2 aliphatic heterocycles. The normalized spacial score (nSPS) is 20.0. The summed E-state index contributed by atoms with van der Waals surface area (Å²) in [5, 5.41) is 0. The molecule has 0 unspecified atom stereocenters. The Balaban J connectivity index is 1.24. The van der Waals surface area contributed by atoms with E-state index in [1.54, 1.807) is 0 Å². The Morgan fingerprint density at radius 3 is 2.26 bits per heavy atom. The average Bonchev–Trinajstić information content (AvgIpc) is 3.22. The van der Waals surface area contributed by atoms with Crippen molar-refractivity contribution in [1.82, 2.24) is 4.90 Å². The Bertz CT molecular complexity index is 1030. The zero-order valence-corrected chi connectivity index (χ0v) is 17.6. The molecule has 0 aromatic heterocycles. The Morgan fingerprint density at radius 1 is 0.871 bits per heavy atom. The highest BCUT2D eigenvalue weighted by Crippen LogP contribution is 2.38. The van der Waals surface area contributed by atoms with Crippen molar-refractivity contribution in [3.8, 4) is 16.9 Å². The van der Waals surface area contributed by atoms with Gasteiger partial charge in [0.15, 0.2) is 0 Å².